The van der Waals surface area contributed by atoms with Gasteiger partial charge in [-0.15, -0.1) is 5.10 Å². The highest BCUT2D eigenvalue weighted by Gasteiger charge is 2.43. The molecular weight excluding hydrogens is 380 g/mol. The summed E-state index contributed by atoms with van der Waals surface area (Å²) in [5.74, 6) is 1.89. The molecule has 2 aromatic rings. The Labute approximate surface area is 178 Å². The molecule has 0 spiro atoms. The van der Waals surface area contributed by atoms with Gasteiger partial charge in [0.25, 0.3) is 0 Å². The van der Waals surface area contributed by atoms with Gasteiger partial charge in [0.1, 0.15) is 5.75 Å². The highest BCUT2D eigenvalue weighted by atomic mass is 16.5. The van der Waals surface area contributed by atoms with Gasteiger partial charge in [-0.3, -0.25) is 10.1 Å². The summed E-state index contributed by atoms with van der Waals surface area (Å²) in [4.78, 5) is 14.5. The van der Waals surface area contributed by atoms with Crippen LogP contribution in [0.2, 0.25) is 0 Å². The van der Waals surface area contributed by atoms with Crippen LogP contribution >= 0.6 is 0 Å². The first-order valence-corrected chi connectivity index (χ1v) is 11.1. The average Bonchev–Trinajstić information content (AvgIpc) is 3.49. The van der Waals surface area contributed by atoms with Crippen LogP contribution in [0.1, 0.15) is 69.3 Å². The van der Waals surface area contributed by atoms with Gasteiger partial charge in [0.15, 0.2) is 5.82 Å². The normalized spacial score (nSPS) is 22.4. The first-order valence-electron chi connectivity index (χ1n) is 11.1. The first-order chi connectivity index (χ1) is 14.7. The molecule has 2 aliphatic rings. The molecule has 1 saturated carbocycles. The zero-order valence-corrected chi connectivity index (χ0v) is 18.0. The minimum Gasteiger partial charge on any atom is -0.496 e. The van der Waals surface area contributed by atoms with Crippen LogP contribution in [0.4, 0.5) is 0 Å². The number of amides is 1. The number of methoxy groups -OCH3 is 1. The van der Waals surface area contributed by atoms with E-state index in [-0.39, 0.29) is 5.91 Å². The third-order valence-corrected chi connectivity index (χ3v) is 6.55. The van der Waals surface area contributed by atoms with Gasteiger partial charge in [0.05, 0.1) is 18.7 Å². The van der Waals surface area contributed by atoms with Gasteiger partial charge in [-0.25, -0.2) is 4.68 Å². The minimum atomic E-state index is -0.476. The van der Waals surface area contributed by atoms with Gasteiger partial charge >= 0.3 is 0 Å². The van der Waals surface area contributed by atoms with E-state index in [9.17, 15) is 4.79 Å². The molecular formula is C22H32N6O2. The van der Waals surface area contributed by atoms with Crippen LogP contribution in [0.25, 0.3) is 0 Å². The summed E-state index contributed by atoms with van der Waals surface area (Å²) in [5.41, 5.74) is 0.606. The number of nitrogens with zero attached hydrogens (tertiary/aromatic N) is 5. The van der Waals surface area contributed by atoms with Gasteiger partial charge in [0.2, 0.25) is 5.91 Å². The Bertz CT molecular complexity index is 863. The third kappa shape index (κ3) is 4.05. The third-order valence-electron chi connectivity index (χ3n) is 6.55. The molecule has 2 heterocycles. The molecule has 1 N–H and O–H groups in total. The summed E-state index contributed by atoms with van der Waals surface area (Å²) in [7, 11) is 1.69. The zero-order chi connectivity index (χ0) is 21.0. The standard InChI is InChI=1S/C22H32N6O2/c1-3-20(29)27-14-8-13-22(16-27,23-15-17-9-4-7-12-19(17)30-2)21-24-25-26-28(21)18-10-5-6-11-18/h4,7,9,12,18,23H,3,5-6,8,10-11,13-16H2,1-2H3. The maximum atomic E-state index is 12.6. The van der Waals surface area contributed by atoms with Gasteiger partial charge in [-0.05, 0) is 42.2 Å². The monoisotopic (exact) mass is 412 g/mol. The number of nitrogens with one attached hydrogen (secondary N) is 1. The number of benzene rings is 1. The Morgan fingerprint density at radius 1 is 1.27 bits per heavy atom. The molecule has 1 aliphatic heterocycles. The fraction of sp³-hybridized carbons (Fsp3) is 0.636. The molecule has 1 aromatic heterocycles. The van der Waals surface area contributed by atoms with Crippen LogP contribution in [0.5, 0.6) is 5.75 Å². The van der Waals surface area contributed by atoms with Crippen molar-refractivity contribution in [1.82, 2.24) is 30.4 Å². The molecule has 8 heteroatoms. The fourth-order valence-electron chi connectivity index (χ4n) is 4.91. The summed E-state index contributed by atoms with van der Waals surface area (Å²) in [5, 5.41) is 16.7. The average molecular weight is 413 g/mol. The lowest BCUT2D eigenvalue weighted by atomic mass is 9.87. The largest absolute Gasteiger partial charge is 0.496 e. The smallest absolute Gasteiger partial charge is 0.222 e. The predicted molar refractivity (Wildman–Crippen MR) is 113 cm³/mol. The molecule has 0 bridgehead atoms. The van der Waals surface area contributed by atoms with Crippen LogP contribution in [-0.2, 0) is 16.9 Å². The molecule has 1 atom stereocenters. The highest BCUT2D eigenvalue weighted by Crippen LogP contribution is 2.36. The van der Waals surface area contributed by atoms with Crippen molar-refractivity contribution in [1.29, 1.82) is 0 Å². The minimum absolute atomic E-state index is 0.179. The number of aromatic nitrogens is 4. The lowest BCUT2D eigenvalue weighted by Crippen LogP contribution is -2.57. The summed E-state index contributed by atoms with van der Waals surface area (Å²) < 4.78 is 7.57. The van der Waals surface area contributed by atoms with Gasteiger partial charge in [0, 0.05) is 31.6 Å². The maximum Gasteiger partial charge on any atom is 0.222 e. The number of rotatable bonds is 7. The number of hydrogen-bond donors (Lipinski definition) is 1. The summed E-state index contributed by atoms with van der Waals surface area (Å²) >= 11 is 0. The number of likely N-dealkylation sites (tertiary alicyclic amines) is 1. The van der Waals surface area contributed by atoms with Crippen molar-refractivity contribution in [3.05, 3.63) is 35.7 Å². The van der Waals surface area contributed by atoms with E-state index in [4.69, 9.17) is 4.74 Å². The molecule has 162 valence electrons. The van der Waals surface area contributed by atoms with Crippen LogP contribution in [0, 0.1) is 0 Å². The van der Waals surface area contributed by atoms with E-state index >= 15 is 0 Å². The molecule has 0 radical (unpaired) electrons. The highest BCUT2D eigenvalue weighted by molar-refractivity contribution is 5.76. The molecule has 1 aromatic carbocycles. The number of tetrazole rings is 1. The first kappa shape index (κ1) is 20.8. The van der Waals surface area contributed by atoms with E-state index in [1.165, 1.54) is 12.8 Å². The molecule has 1 aliphatic carbocycles. The van der Waals surface area contributed by atoms with E-state index < -0.39 is 5.54 Å². The van der Waals surface area contributed by atoms with Crippen molar-refractivity contribution in [2.75, 3.05) is 20.2 Å². The second-order valence-electron chi connectivity index (χ2n) is 8.41. The van der Waals surface area contributed by atoms with E-state index in [1.807, 2.05) is 34.7 Å². The van der Waals surface area contributed by atoms with Crippen molar-refractivity contribution in [3.8, 4) is 5.75 Å². The van der Waals surface area contributed by atoms with Crippen molar-refractivity contribution in [2.45, 2.75) is 70.0 Å². The van der Waals surface area contributed by atoms with Gasteiger partial charge < -0.3 is 9.64 Å². The number of hydrogen-bond acceptors (Lipinski definition) is 6. The molecule has 30 heavy (non-hydrogen) atoms. The quantitative estimate of drug-likeness (QED) is 0.753. The Morgan fingerprint density at radius 2 is 2.07 bits per heavy atom. The van der Waals surface area contributed by atoms with Crippen molar-refractivity contribution in [3.63, 3.8) is 0 Å². The Morgan fingerprint density at radius 3 is 2.83 bits per heavy atom. The fourth-order valence-corrected chi connectivity index (χ4v) is 4.91. The van der Waals surface area contributed by atoms with Crippen molar-refractivity contribution >= 4 is 5.91 Å². The number of carbonyl (C=O) groups excluding carboxylic acids is 1. The summed E-state index contributed by atoms with van der Waals surface area (Å²) in [6, 6.07) is 8.37. The Balaban J connectivity index is 1.67. The zero-order valence-electron chi connectivity index (χ0n) is 18.0. The lowest BCUT2D eigenvalue weighted by molar-refractivity contribution is -0.133. The molecule has 1 saturated heterocycles. The van der Waals surface area contributed by atoms with Crippen molar-refractivity contribution in [2.24, 2.45) is 0 Å². The van der Waals surface area contributed by atoms with E-state index in [2.05, 4.69) is 26.9 Å². The van der Waals surface area contributed by atoms with E-state index in [0.29, 0.717) is 25.6 Å². The molecule has 2 fully saturated rings. The van der Waals surface area contributed by atoms with Gasteiger partial charge in [-0.2, -0.15) is 0 Å². The van der Waals surface area contributed by atoms with Crippen LogP contribution < -0.4 is 10.1 Å². The van der Waals surface area contributed by atoms with E-state index in [0.717, 1.165) is 49.4 Å². The SMILES string of the molecule is CCC(=O)N1CCCC(NCc2ccccc2OC)(c2nnnn2C2CCCC2)C1. The number of piperidine rings is 1. The number of carbonyl (C=O) groups is 1. The molecule has 1 unspecified atom stereocenters. The van der Waals surface area contributed by atoms with Gasteiger partial charge in [-0.1, -0.05) is 38.0 Å². The molecule has 4 rings (SSSR count). The van der Waals surface area contributed by atoms with Crippen molar-refractivity contribution < 1.29 is 9.53 Å². The number of ether oxygens (including phenoxy) is 1. The van der Waals surface area contributed by atoms with Crippen LogP contribution in [0.15, 0.2) is 24.3 Å². The Kier molecular flexibility index (Phi) is 6.32. The summed E-state index contributed by atoms with van der Waals surface area (Å²) in [6.45, 7) is 3.91. The van der Waals surface area contributed by atoms with Crippen LogP contribution in [0.3, 0.4) is 0 Å². The maximum absolute atomic E-state index is 12.6. The molecule has 1 amide bonds. The topological polar surface area (TPSA) is 85.2 Å². The summed E-state index contributed by atoms with van der Waals surface area (Å²) in [6.07, 6.45) is 6.97. The Hall–Kier alpha value is -2.48. The lowest BCUT2D eigenvalue weighted by Gasteiger charge is -2.43. The predicted octanol–water partition coefficient (Wildman–Crippen LogP) is 2.81. The van der Waals surface area contributed by atoms with E-state index in [1.54, 1.807) is 7.11 Å². The van der Waals surface area contributed by atoms with Crippen LogP contribution in [-0.4, -0.2) is 51.2 Å². The molecule has 8 nitrogen and oxygen atoms in total. The second-order valence-corrected chi connectivity index (χ2v) is 8.41. The number of para-hydroxylation sites is 1. The second kappa shape index (κ2) is 9.12.